The molecule has 2 amide bonds. The Kier molecular flexibility index (Phi) is 5.60. The third-order valence-corrected chi connectivity index (χ3v) is 6.81. The lowest BCUT2D eigenvalue weighted by atomic mass is 10.0. The summed E-state index contributed by atoms with van der Waals surface area (Å²) in [6.45, 7) is 4.26. The van der Waals surface area contributed by atoms with E-state index < -0.39 is 6.04 Å². The van der Waals surface area contributed by atoms with E-state index in [1.165, 1.54) is 12.1 Å². The van der Waals surface area contributed by atoms with E-state index in [9.17, 15) is 9.18 Å². The van der Waals surface area contributed by atoms with Crippen LogP contribution in [0.3, 0.4) is 0 Å². The van der Waals surface area contributed by atoms with Gasteiger partial charge in [0.15, 0.2) is 0 Å². The minimum absolute atomic E-state index is 0.273. The number of nitrogens with one attached hydrogen (secondary N) is 1. The minimum Gasteiger partial charge on any atom is -0.308 e. The van der Waals surface area contributed by atoms with Crippen molar-refractivity contribution in [2.75, 3.05) is 5.32 Å². The average molecular weight is 492 g/mol. The fourth-order valence-electron chi connectivity index (χ4n) is 5.01. The van der Waals surface area contributed by atoms with Crippen molar-refractivity contribution in [2.45, 2.75) is 26.4 Å². The molecule has 6 rings (SSSR count). The van der Waals surface area contributed by atoms with Crippen LogP contribution in [-0.2, 0) is 6.54 Å². The predicted octanol–water partition coefficient (Wildman–Crippen LogP) is 6.56. The van der Waals surface area contributed by atoms with Gasteiger partial charge in [0, 0.05) is 17.4 Å². The highest BCUT2D eigenvalue weighted by molar-refractivity contribution is 5.90. The molecule has 0 unspecified atom stereocenters. The lowest BCUT2D eigenvalue weighted by Gasteiger charge is -2.31. The van der Waals surface area contributed by atoms with E-state index in [1.54, 1.807) is 11.0 Å². The molecule has 3 aromatic carbocycles. The molecule has 1 atom stereocenters. The molecule has 0 saturated carbocycles. The van der Waals surface area contributed by atoms with Crippen LogP contribution in [0.5, 0.6) is 0 Å². The Morgan fingerprint density at radius 3 is 2.49 bits per heavy atom. The number of halogens is 1. The second-order valence-electron chi connectivity index (χ2n) is 9.32. The Morgan fingerprint density at radius 2 is 1.73 bits per heavy atom. The van der Waals surface area contributed by atoms with Crippen molar-refractivity contribution in [3.8, 4) is 11.5 Å². The first-order valence-corrected chi connectivity index (χ1v) is 12.2. The van der Waals surface area contributed by atoms with Crippen LogP contribution in [0, 0.1) is 19.7 Å². The molecule has 0 radical (unpaired) electrons. The number of hydrogen-bond donors (Lipinski definition) is 1. The SMILES string of the molecule is Cc1ccc(NC(=O)N2Cc3c(C)nn(-c4ccccc4)c3-n3cccc3[C@@H]2c2cccc(F)c2)cc1. The molecule has 5 aromatic rings. The van der Waals surface area contributed by atoms with Crippen molar-refractivity contribution >= 4 is 11.7 Å². The van der Waals surface area contributed by atoms with Crippen molar-refractivity contribution in [1.29, 1.82) is 0 Å². The van der Waals surface area contributed by atoms with Gasteiger partial charge in [-0.1, -0.05) is 48.0 Å². The van der Waals surface area contributed by atoms with Gasteiger partial charge in [-0.3, -0.25) is 0 Å². The van der Waals surface area contributed by atoms with Crippen LogP contribution in [0.1, 0.15) is 34.1 Å². The lowest BCUT2D eigenvalue weighted by Crippen LogP contribution is -2.38. The second kappa shape index (κ2) is 9.09. The first-order chi connectivity index (χ1) is 18.0. The number of benzene rings is 3. The van der Waals surface area contributed by atoms with E-state index in [0.717, 1.165) is 34.0 Å². The Hall–Kier alpha value is -4.65. The van der Waals surface area contributed by atoms with Crippen molar-refractivity contribution in [3.63, 3.8) is 0 Å². The molecule has 0 fully saturated rings. The van der Waals surface area contributed by atoms with E-state index in [1.807, 2.05) is 97.5 Å². The smallest absolute Gasteiger partial charge is 0.308 e. The molecule has 6 nitrogen and oxygen atoms in total. The summed E-state index contributed by atoms with van der Waals surface area (Å²) in [4.78, 5) is 15.6. The second-order valence-corrected chi connectivity index (χ2v) is 9.32. The zero-order valence-electron chi connectivity index (χ0n) is 20.6. The summed E-state index contributed by atoms with van der Waals surface area (Å²) < 4.78 is 18.4. The molecule has 37 heavy (non-hydrogen) atoms. The molecule has 0 bridgehead atoms. The molecule has 0 aliphatic carbocycles. The maximum atomic E-state index is 14.5. The van der Waals surface area contributed by atoms with Gasteiger partial charge in [-0.15, -0.1) is 0 Å². The van der Waals surface area contributed by atoms with Crippen LogP contribution < -0.4 is 5.32 Å². The summed E-state index contributed by atoms with van der Waals surface area (Å²) in [5, 5.41) is 7.91. The molecule has 1 aliphatic heterocycles. The molecule has 7 heteroatoms. The monoisotopic (exact) mass is 491 g/mol. The first-order valence-electron chi connectivity index (χ1n) is 12.2. The van der Waals surface area contributed by atoms with Gasteiger partial charge in [0.2, 0.25) is 0 Å². The summed E-state index contributed by atoms with van der Waals surface area (Å²) in [7, 11) is 0. The van der Waals surface area contributed by atoms with Crippen LogP contribution in [-0.4, -0.2) is 25.3 Å². The normalized spacial score (nSPS) is 14.6. The number of aromatic nitrogens is 3. The number of para-hydroxylation sites is 1. The van der Waals surface area contributed by atoms with Crippen LogP contribution in [0.15, 0.2) is 97.2 Å². The molecule has 1 N–H and O–H groups in total. The van der Waals surface area contributed by atoms with Gasteiger partial charge < -0.3 is 14.8 Å². The van der Waals surface area contributed by atoms with E-state index in [0.29, 0.717) is 17.8 Å². The van der Waals surface area contributed by atoms with E-state index in [-0.39, 0.29) is 11.8 Å². The number of amides is 2. The van der Waals surface area contributed by atoms with Gasteiger partial charge >= 0.3 is 6.03 Å². The molecule has 184 valence electrons. The third kappa shape index (κ3) is 4.08. The van der Waals surface area contributed by atoms with Crippen molar-refractivity contribution in [1.82, 2.24) is 19.2 Å². The summed E-state index contributed by atoms with van der Waals surface area (Å²) in [5.74, 6) is 0.527. The third-order valence-electron chi connectivity index (χ3n) is 6.81. The summed E-state index contributed by atoms with van der Waals surface area (Å²) in [5.41, 5.74) is 6.03. The number of rotatable bonds is 3. The zero-order valence-corrected chi connectivity index (χ0v) is 20.6. The Balaban J connectivity index is 1.53. The van der Waals surface area contributed by atoms with Crippen LogP contribution in [0.4, 0.5) is 14.9 Å². The standard InChI is InChI=1S/C30H26FN5O/c1-20-13-15-24(16-14-20)32-30(37)35-19-26-21(2)33-36(25-10-4-3-5-11-25)29(26)34-17-7-12-27(34)28(35)22-8-6-9-23(31)18-22/h3-18,28H,19H2,1-2H3,(H,32,37)/t28-/m0/s1. The van der Waals surface area contributed by atoms with Gasteiger partial charge in [-0.2, -0.15) is 5.10 Å². The number of urea groups is 1. The van der Waals surface area contributed by atoms with Gasteiger partial charge in [-0.05, 0) is 67.9 Å². The molecular formula is C30H26FN5O. The zero-order chi connectivity index (χ0) is 25.5. The van der Waals surface area contributed by atoms with Gasteiger partial charge in [0.05, 0.1) is 29.7 Å². The number of hydrogen-bond acceptors (Lipinski definition) is 2. The maximum Gasteiger partial charge on any atom is 0.322 e. The molecule has 0 spiro atoms. The quantitative estimate of drug-likeness (QED) is 0.311. The number of carbonyl (C=O) groups is 1. The maximum absolute atomic E-state index is 14.5. The van der Waals surface area contributed by atoms with E-state index >= 15 is 0 Å². The van der Waals surface area contributed by atoms with Crippen molar-refractivity contribution in [3.05, 3.63) is 131 Å². The highest BCUT2D eigenvalue weighted by atomic mass is 19.1. The van der Waals surface area contributed by atoms with Gasteiger partial charge in [0.25, 0.3) is 0 Å². The Bertz CT molecular complexity index is 1590. The molecule has 3 heterocycles. The highest BCUT2D eigenvalue weighted by Gasteiger charge is 2.36. The van der Waals surface area contributed by atoms with Crippen molar-refractivity contribution < 1.29 is 9.18 Å². The van der Waals surface area contributed by atoms with Crippen LogP contribution in [0.25, 0.3) is 11.5 Å². The number of anilines is 1. The van der Waals surface area contributed by atoms with E-state index in [2.05, 4.69) is 9.88 Å². The number of aryl methyl sites for hydroxylation is 2. The topological polar surface area (TPSA) is 55.1 Å². The number of nitrogens with zero attached hydrogens (tertiary/aromatic N) is 4. The number of fused-ring (bicyclic) bond motifs is 3. The van der Waals surface area contributed by atoms with E-state index in [4.69, 9.17) is 5.10 Å². The summed E-state index contributed by atoms with van der Waals surface area (Å²) in [6.07, 6.45) is 1.97. The van der Waals surface area contributed by atoms with Gasteiger partial charge in [0.1, 0.15) is 11.6 Å². The predicted molar refractivity (Wildman–Crippen MR) is 142 cm³/mol. The minimum atomic E-state index is -0.521. The molecule has 0 saturated heterocycles. The molecule has 1 aliphatic rings. The van der Waals surface area contributed by atoms with Crippen LogP contribution in [0.2, 0.25) is 0 Å². The number of carbonyl (C=O) groups excluding carboxylic acids is 1. The van der Waals surface area contributed by atoms with Gasteiger partial charge in [-0.25, -0.2) is 13.9 Å². The Morgan fingerprint density at radius 1 is 0.946 bits per heavy atom. The summed E-state index contributed by atoms with van der Waals surface area (Å²) >= 11 is 0. The fraction of sp³-hybridized carbons (Fsp3) is 0.133. The molecular weight excluding hydrogens is 465 g/mol. The highest BCUT2D eigenvalue weighted by Crippen LogP contribution is 2.38. The summed E-state index contributed by atoms with van der Waals surface area (Å²) in [6, 6.07) is 27.2. The average Bonchev–Trinajstić information content (AvgIpc) is 3.46. The van der Waals surface area contributed by atoms with Crippen LogP contribution >= 0.6 is 0 Å². The lowest BCUT2D eigenvalue weighted by molar-refractivity contribution is 0.194. The Labute approximate surface area is 214 Å². The first kappa shape index (κ1) is 22.8. The van der Waals surface area contributed by atoms with Crippen molar-refractivity contribution in [2.24, 2.45) is 0 Å². The molecule has 2 aromatic heterocycles. The fourth-order valence-corrected chi connectivity index (χ4v) is 5.01. The largest absolute Gasteiger partial charge is 0.322 e.